The molecule has 0 aromatic rings. The Labute approximate surface area is 508 Å². The van der Waals surface area contributed by atoms with Crippen LogP contribution in [-0.2, 0) is 76.2 Å². The van der Waals surface area contributed by atoms with Gasteiger partial charge in [-0.05, 0) is 75.0 Å². The molecule has 3 saturated carbocycles. The van der Waals surface area contributed by atoms with E-state index < -0.39 is 194 Å². The molecule has 84 heavy (non-hydrogen) atoms. The monoisotopic (exact) mass is 1230 g/mol. The molecule has 10 aliphatic rings. The molecule has 6 heterocycles. The van der Waals surface area contributed by atoms with Crippen molar-refractivity contribution in [3.8, 4) is 0 Å². The van der Waals surface area contributed by atoms with Crippen molar-refractivity contribution in [3.05, 3.63) is 23.8 Å². The average molecular weight is 1240 g/mol. The van der Waals surface area contributed by atoms with Crippen LogP contribution in [0.15, 0.2) is 23.8 Å². The van der Waals surface area contributed by atoms with E-state index in [-0.39, 0.29) is 71.4 Å². The minimum absolute atomic E-state index is 0. The molecule has 6 aliphatic heterocycles. The van der Waals surface area contributed by atoms with E-state index in [1.54, 1.807) is 0 Å². The Morgan fingerprint density at radius 3 is 1.94 bits per heavy atom. The van der Waals surface area contributed by atoms with E-state index in [9.17, 15) is 73.9 Å². The van der Waals surface area contributed by atoms with Gasteiger partial charge in [-0.1, -0.05) is 51.5 Å². The molecule has 2 bridgehead atoms. The summed E-state index contributed by atoms with van der Waals surface area (Å²) in [6, 6.07) is 0. The van der Waals surface area contributed by atoms with Crippen LogP contribution < -0.4 is 29.6 Å². The zero-order chi connectivity index (χ0) is 60.4. The van der Waals surface area contributed by atoms with Crippen LogP contribution in [0.2, 0.25) is 0 Å². The summed E-state index contributed by atoms with van der Waals surface area (Å²) in [4.78, 5) is 13.8. The van der Waals surface area contributed by atoms with Gasteiger partial charge in [-0.15, -0.1) is 0 Å². The Morgan fingerprint density at radius 2 is 1.30 bits per heavy atom. The predicted octanol–water partition coefficient (Wildman–Crippen LogP) is -6.39. The van der Waals surface area contributed by atoms with Crippen LogP contribution >= 0.6 is 0 Å². The van der Waals surface area contributed by atoms with Crippen molar-refractivity contribution in [2.24, 2.45) is 39.4 Å². The molecule has 0 amide bonds. The summed E-state index contributed by atoms with van der Waals surface area (Å²) in [6.45, 7) is 13.4. The smallest absolute Gasteiger partial charge is 0.726 e. The van der Waals surface area contributed by atoms with E-state index in [0.717, 1.165) is 12.0 Å². The number of fused-ring (bicyclic) bond motifs is 5. The van der Waals surface area contributed by atoms with Gasteiger partial charge in [-0.2, -0.15) is 0 Å². The number of rotatable bonds is 16. The average Bonchev–Trinajstić information content (AvgIpc) is 1.55. The molecule has 28 nitrogen and oxygen atoms in total. The number of methoxy groups -OCH3 is 1. The van der Waals surface area contributed by atoms with E-state index in [4.69, 9.17) is 61.0 Å². The second kappa shape index (κ2) is 25.2. The molecular weight excluding hydrogens is 1150 g/mol. The van der Waals surface area contributed by atoms with Crippen molar-refractivity contribution in [2.75, 3.05) is 33.5 Å². The summed E-state index contributed by atoms with van der Waals surface area (Å²) in [5.41, 5.74) is 0.134. The molecule has 2 unspecified atom stereocenters. The van der Waals surface area contributed by atoms with Gasteiger partial charge in [-0.25, -0.2) is 8.42 Å². The molecule has 30 heteroatoms. The third-order valence-electron chi connectivity index (χ3n) is 20.6. The minimum atomic E-state index is -5.51. The Kier molecular flexibility index (Phi) is 20.2. The first kappa shape index (κ1) is 67.3. The van der Waals surface area contributed by atoms with Crippen molar-refractivity contribution in [3.63, 3.8) is 0 Å². The SMILES string of the molecule is C=C(C)[C@H]1[C@H]2C[C@@]3(C)C4=CCC5C(C)(C)[C@@H](O[C@@H]6OC[C@@H](OS(=O)(=O)[O-])[C@H](O)[C@H]6O[C@@H]6O[C@H](C)[C@@H](O[C@@H]7O[C@H](CO)[C@@H](O)[C@H](O[C@@H]8OC[C@@H](O)[C@H](OC)[C@H]8O)[C@H]7O)[C@H](O)[C@H]6O[C@@H]6O[C@H](CO)[C@@H](O)[C@H](O)[C@H]6O)CC[C@]5(C)C4CC[C@]13C(=O)O2.[Na+]. The quantitative estimate of drug-likeness (QED) is 0.0225. The Bertz CT molecular complexity index is 2490. The van der Waals surface area contributed by atoms with Crippen molar-refractivity contribution >= 4 is 16.4 Å². The van der Waals surface area contributed by atoms with E-state index >= 15 is 0 Å². The molecule has 0 aromatic heterocycles. The second-order valence-corrected chi connectivity index (χ2v) is 26.5. The van der Waals surface area contributed by atoms with Crippen LogP contribution in [0.3, 0.4) is 0 Å². The van der Waals surface area contributed by atoms with E-state index in [0.29, 0.717) is 32.1 Å². The predicted molar refractivity (Wildman–Crippen MR) is 272 cm³/mol. The van der Waals surface area contributed by atoms with Gasteiger partial charge >= 0.3 is 35.5 Å². The number of hydrogen-bond acceptors (Lipinski definition) is 28. The molecule has 1 spiro atoms. The largest absolute Gasteiger partial charge is 1.00 e. The molecule has 6 saturated heterocycles. The van der Waals surface area contributed by atoms with Crippen LogP contribution in [0.4, 0.5) is 0 Å². The Hall–Kier alpha value is -1.06. The summed E-state index contributed by atoms with van der Waals surface area (Å²) in [7, 11) is -4.29. The van der Waals surface area contributed by atoms with Crippen LogP contribution in [0, 0.1) is 39.4 Å². The molecule has 474 valence electrons. The van der Waals surface area contributed by atoms with E-state index in [1.165, 1.54) is 19.6 Å². The molecule has 0 aromatic carbocycles. The van der Waals surface area contributed by atoms with Crippen LogP contribution in [-0.4, -0.2) is 262 Å². The summed E-state index contributed by atoms with van der Waals surface area (Å²) < 4.78 is 113. The molecular formula is C54H83NaO28S. The Balaban J connectivity index is 0.00000846. The van der Waals surface area contributed by atoms with Gasteiger partial charge < -0.3 is 118 Å². The maximum atomic E-state index is 13.8. The van der Waals surface area contributed by atoms with Gasteiger partial charge in [0.05, 0.1) is 44.1 Å². The molecule has 11 N–H and O–H groups in total. The topological polar surface area (TPSA) is 417 Å². The van der Waals surface area contributed by atoms with Gasteiger partial charge in [0, 0.05) is 18.4 Å². The van der Waals surface area contributed by atoms with Gasteiger partial charge in [0.25, 0.3) is 0 Å². The fourth-order valence-electron chi connectivity index (χ4n) is 16.4. The van der Waals surface area contributed by atoms with E-state index in [2.05, 4.69) is 40.3 Å². The van der Waals surface area contributed by atoms with Gasteiger partial charge in [0.15, 0.2) is 31.5 Å². The van der Waals surface area contributed by atoms with Crippen molar-refractivity contribution in [1.82, 2.24) is 0 Å². The van der Waals surface area contributed by atoms with Crippen molar-refractivity contribution in [2.45, 2.75) is 234 Å². The first-order chi connectivity index (χ1) is 39.0. The number of carbonyl (C=O) groups is 1. The molecule has 9 fully saturated rings. The zero-order valence-electron chi connectivity index (χ0n) is 48.3. The van der Waals surface area contributed by atoms with Crippen LogP contribution in [0.5, 0.6) is 0 Å². The standard InChI is InChI=1S/C54H84O28S.Na/c1-20(2)31-25-15-53(7)23-9-10-29-51(4,5)30(12-13-52(29,6)22(23)11-14-54(31,53)50(66)76-25)77-48-43(34(60)28(19-72-48)82-83(67,68)69)81-49-44(80-46-36(62)35(61)32(58)26(16-55)74-46)37(63)40(21(3)73-49)78-47-39(65)42(33(59)27(17-56)75-47)79-45-38(64)41(70-8)24(57)18-71-45;/h9,21-22,24-49,55-65H,1,10-19H2,2-8H3,(H,67,68,69);/q;+1/p-1/t21-,22?,24-,25-,26-,27-,28-,29?,30+,31+,32-,33-,34+,35+,36-,37+,38-,39-,40-,41+,42+,43-,44-,45+,46+,47+,48+,49+,52-,53+,54-;/m1./s1. The molecule has 31 atom stereocenters. The fourth-order valence-corrected chi connectivity index (χ4v) is 16.9. The van der Waals surface area contributed by atoms with Crippen LogP contribution in [0.25, 0.3) is 0 Å². The number of esters is 1. The zero-order valence-corrected chi connectivity index (χ0v) is 51.1. The molecule has 0 radical (unpaired) electrons. The first-order valence-electron chi connectivity index (χ1n) is 28.5. The van der Waals surface area contributed by atoms with Gasteiger partial charge in [-0.3, -0.25) is 8.98 Å². The summed E-state index contributed by atoms with van der Waals surface area (Å²) in [6.07, 6.45) is -35.7. The first-order valence-corrected chi connectivity index (χ1v) is 29.9. The van der Waals surface area contributed by atoms with Crippen molar-refractivity contribution < 1.29 is 165 Å². The third-order valence-corrected chi connectivity index (χ3v) is 21.0. The summed E-state index contributed by atoms with van der Waals surface area (Å²) >= 11 is 0. The number of ether oxygens (including phenoxy) is 12. The number of aliphatic hydroxyl groups is 11. The maximum Gasteiger partial charge on any atom is 1.00 e. The normalized spacial score (nSPS) is 51.8. The van der Waals surface area contributed by atoms with E-state index in [1.807, 2.05) is 6.92 Å². The number of hydrogen-bond donors (Lipinski definition) is 11. The number of allylic oxidation sites excluding steroid dienone is 2. The summed E-state index contributed by atoms with van der Waals surface area (Å²) in [5.74, 6) is -0.141. The second-order valence-electron chi connectivity index (χ2n) is 25.5. The fraction of sp³-hybridized carbons (Fsp3) is 0.907. The molecule has 4 aliphatic carbocycles. The Morgan fingerprint density at radius 1 is 0.702 bits per heavy atom. The van der Waals surface area contributed by atoms with Crippen molar-refractivity contribution in [1.29, 1.82) is 0 Å². The third kappa shape index (κ3) is 11.4. The van der Waals surface area contributed by atoms with Gasteiger partial charge in [0.1, 0.15) is 110 Å². The van der Waals surface area contributed by atoms with Crippen LogP contribution in [0.1, 0.15) is 80.1 Å². The molecule has 10 rings (SSSR count). The number of carbonyl (C=O) groups excluding carboxylic acids is 1. The summed E-state index contributed by atoms with van der Waals surface area (Å²) in [5, 5.41) is 122. The van der Waals surface area contributed by atoms with Gasteiger partial charge in [0.2, 0.25) is 10.4 Å². The maximum absolute atomic E-state index is 13.8. The number of aliphatic hydroxyl groups excluding tert-OH is 11. The minimum Gasteiger partial charge on any atom is -0.726 e.